The van der Waals surface area contributed by atoms with Crippen LogP contribution in [-0.2, 0) is 5.41 Å². The maximum atomic E-state index is 2.33. The number of fused-ring (bicyclic) bond motifs is 11. The summed E-state index contributed by atoms with van der Waals surface area (Å²) in [7, 11) is 0. The van der Waals surface area contributed by atoms with Crippen molar-refractivity contribution in [2.75, 3.05) is 0 Å². The molecule has 11 rings (SSSR count). The second kappa shape index (κ2) is 15.3. The van der Waals surface area contributed by atoms with Crippen molar-refractivity contribution >= 4 is 10.8 Å². The molecule has 9 aromatic carbocycles. The predicted molar refractivity (Wildman–Crippen MR) is 248 cm³/mol. The molecule has 0 nitrogen and oxygen atoms in total. The molecular formula is C58H48. The van der Waals surface area contributed by atoms with E-state index in [1.165, 1.54) is 105 Å². The van der Waals surface area contributed by atoms with Crippen molar-refractivity contribution in [1.82, 2.24) is 0 Å². The summed E-state index contributed by atoms with van der Waals surface area (Å²) in [5.74, 6) is 0. The minimum Gasteiger partial charge on any atom is -0.0620 e. The summed E-state index contributed by atoms with van der Waals surface area (Å²) < 4.78 is 0. The number of rotatable bonds is 2. The number of benzene rings is 9. The lowest BCUT2D eigenvalue weighted by molar-refractivity contribution is 0.786. The molecule has 0 heterocycles. The summed E-state index contributed by atoms with van der Waals surface area (Å²) in [6.45, 7) is 10.9. The molecule has 9 aromatic rings. The van der Waals surface area contributed by atoms with Crippen LogP contribution in [0.15, 0.2) is 200 Å². The molecule has 2 aliphatic carbocycles. The molecule has 0 atom stereocenters. The summed E-state index contributed by atoms with van der Waals surface area (Å²) in [4.78, 5) is 0. The molecule has 0 amide bonds. The average molecular weight is 745 g/mol. The maximum Gasteiger partial charge on any atom is 0.0728 e. The fourth-order valence-corrected chi connectivity index (χ4v) is 9.60. The Morgan fingerprint density at radius 3 is 1.36 bits per heavy atom. The third-order valence-corrected chi connectivity index (χ3v) is 12.4. The van der Waals surface area contributed by atoms with Crippen LogP contribution < -0.4 is 0 Å². The van der Waals surface area contributed by atoms with E-state index in [4.69, 9.17) is 0 Å². The van der Waals surface area contributed by atoms with Crippen molar-refractivity contribution in [2.45, 2.75) is 40.0 Å². The molecule has 0 heteroatoms. The van der Waals surface area contributed by atoms with Crippen LogP contribution >= 0.6 is 0 Å². The van der Waals surface area contributed by atoms with Crippen molar-refractivity contribution in [3.05, 3.63) is 250 Å². The zero-order valence-electron chi connectivity index (χ0n) is 34.1. The van der Waals surface area contributed by atoms with Crippen molar-refractivity contribution < 1.29 is 0 Å². The van der Waals surface area contributed by atoms with Gasteiger partial charge >= 0.3 is 0 Å². The molecule has 1 spiro atoms. The Hall–Kier alpha value is -6.76. The highest BCUT2D eigenvalue weighted by Gasteiger charge is 2.51. The van der Waals surface area contributed by atoms with E-state index in [1.54, 1.807) is 0 Å². The van der Waals surface area contributed by atoms with Gasteiger partial charge < -0.3 is 0 Å². The molecule has 0 aromatic heterocycles. The Morgan fingerprint density at radius 1 is 0.293 bits per heavy atom. The van der Waals surface area contributed by atoms with E-state index in [0.717, 1.165) is 0 Å². The normalized spacial score (nSPS) is 12.4. The molecule has 0 bridgehead atoms. The summed E-state index contributed by atoms with van der Waals surface area (Å²) in [5, 5.41) is 2.68. The predicted octanol–water partition coefficient (Wildman–Crippen LogP) is 15.4. The van der Waals surface area contributed by atoms with Crippen molar-refractivity contribution in [1.29, 1.82) is 0 Å². The van der Waals surface area contributed by atoms with E-state index in [-0.39, 0.29) is 5.41 Å². The van der Waals surface area contributed by atoms with Crippen LogP contribution in [0, 0.1) is 34.6 Å². The molecule has 2 aliphatic rings. The zero-order valence-corrected chi connectivity index (χ0v) is 34.1. The Morgan fingerprint density at radius 2 is 0.724 bits per heavy atom. The molecule has 58 heavy (non-hydrogen) atoms. The van der Waals surface area contributed by atoms with E-state index < -0.39 is 0 Å². The topological polar surface area (TPSA) is 0 Å². The summed E-state index contributed by atoms with van der Waals surface area (Å²) in [6.07, 6.45) is 0. The molecule has 0 unspecified atom stereocenters. The first kappa shape index (κ1) is 36.9. The first-order chi connectivity index (χ1) is 28.4. The van der Waals surface area contributed by atoms with E-state index >= 15 is 0 Å². The minimum absolute atomic E-state index is 0.190. The van der Waals surface area contributed by atoms with Crippen LogP contribution in [0.3, 0.4) is 0 Å². The van der Waals surface area contributed by atoms with Crippen LogP contribution in [0.4, 0.5) is 0 Å². The van der Waals surface area contributed by atoms with Crippen LogP contribution in [0.25, 0.3) is 55.3 Å². The van der Waals surface area contributed by atoms with Gasteiger partial charge in [-0.3, -0.25) is 0 Å². The highest BCUT2D eigenvalue weighted by atomic mass is 14.5. The van der Waals surface area contributed by atoms with Gasteiger partial charge in [0, 0.05) is 0 Å². The van der Waals surface area contributed by atoms with Crippen LogP contribution in [-0.4, -0.2) is 0 Å². The Labute approximate surface area is 344 Å². The number of aryl methyl sites for hydroxylation is 4. The van der Waals surface area contributed by atoms with Crippen molar-refractivity contribution in [3.63, 3.8) is 0 Å². The van der Waals surface area contributed by atoms with Gasteiger partial charge in [-0.15, -0.1) is 0 Å². The highest BCUT2D eigenvalue weighted by Crippen LogP contribution is 2.63. The van der Waals surface area contributed by atoms with Gasteiger partial charge in [0.15, 0.2) is 0 Å². The molecule has 0 fully saturated rings. The first-order valence-electron chi connectivity index (χ1n) is 20.4. The van der Waals surface area contributed by atoms with Gasteiger partial charge in [-0.05, 0) is 134 Å². The van der Waals surface area contributed by atoms with Crippen molar-refractivity contribution in [2.24, 2.45) is 0 Å². The lowest BCUT2D eigenvalue weighted by Crippen LogP contribution is -2.26. The fourth-order valence-electron chi connectivity index (χ4n) is 9.60. The Kier molecular flexibility index (Phi) is 9.72. The van der Waals surface area contributed by atoms with E-state index in [1.807, 2.05) is 0 Å². The van der Waals surface area contributed by atoms with Crippen LogP contribution in [0.1, 0.15) is 50.1 Å². The standard InChI is InChI=1S/C26H18.C21H20.C11H10/c1-17-9-8-13-21-20-12-4-7-16-24(20)26(25(17)21)22-14-5-2-10-18(22)19-11-3-6-15-23(19)26;1-15-11-13-18(14-12-15)20-9-6-10-21(17(20)3)19-8-5-4-7-16(19)2;1-9-5-4-7-10-6-2-3-8-11(9)10/h2-16H,1H3;4-14H,1-3H3;2-8H,1H3. The molecule has 0 radical (unpaired) electrons. The van der Waals surface area contributed by atoms with Gasteiger partial charge in [0.05, 0.1) is 5.41 Å². The van der Waals surface area contributed by atoms with Gasteiger partial charge in [-0.1, -0.05) is 206 Å². The molecule has 280 valence electrons. The maximum absolute atomic E-state index is 2.33. The number of hydrogen-bond donors (Lipinski definition) is 0. The Balaban J connectivity index is 0.000000122. The average Bonchev–Trinajstić information content (AvgIpc) is 3.73. The monoisotopic (exact) mass is 744 g/mol. The van der Waals surface area contributed by atoms with Gasteiger partial charge in [0.2, 0.25) is 0 Å². The lowest BCUT2D eigenvalue weighted by atomic mass is 9.69. The molecule has 0 N–H and O–H groups in total. The largest absolute Gasteiger partial charge is 0.0728 e. The van der Waals surface area contributed by atoms with Gasteiger partial charge in [0.25, 0.3) is 0 Å². The molecule has 0 saturated carbocycles. The molecule has 0 aliphatic heterocycles. The molecular weight excluding hydrogens is 697 g/mol. The summed E-state index contributed by atoms with van der Waals surface area (Å²) >= 11 is 0. The van der Waals surface area contributed by atoms with Gasteiger partial charge in [-0.2, -0.15) is 0 Å². The minimum atomic E-state index is -0.190. The zero-order chi connectivity index (χ0) is 39.8. The summed E-state index contributed by atoms with van der Waals surface area (Å²) in [6, 6.07) is 72.4. The lowest BCUT2D eigenvalue weighted by Gasteiger charge is -2.31. The third kappa shape index (κ3) is 6.17. The SMILES string of the molecule is Cc1ccc(-c2cccc(-c3ccccc3C)c2C)cc1.Cc1cccc2c1C1(c3ccccc3-c3ccccc31)c1ccccc1-2.Cc1cccc2ccccc12. The smallest absolute Gasteiger partial charge is 0.0620 e. The third-order valence-electron chi connectivity index (χ3n) is 12.4. The van der Waals surface area contributed by atoms with Crippen LogP contribution in [0.2, 0.25) is 0 Å². The van der Waals surface area contributed by atoms with Gasteiger partial charge in [0.1, 0.15) is 0 Å². The Bertz CT molecular complexity index is 2870. The van der Waals surface area contributed by atoms with E-state index in [2.05, 4.69) is 235 Å². The molecule has 0 saturated heterocycles. The second-order valence-electron chi connectivity index (χ2n) is 15.8. The van der Waals surface area contributed by atoms with Crippen molar-refractivity contribution in [3.8, 4) is 44.5 Å². The summed E-state index contributed by atoms with van der Waals surface area (Å²) in [5.41, 5.74) is 22.9. The first-order valence-corrected chi connectivity index (χ1v) is 20.4. The quantitative estimate of drug-likeness (QED) is 0.165. The fraction of sp³-hybridized carbons (Fsp3) is 0.103. The number of hydrogen-bond acceptors (Lipinski definition) is 0. The van der Waals surface area contributed by atoms with Gasteiger partial charge in [-0.25, -0.2) is 0 Å². The van der Waals surface area contributed by atoms with Crippen LogP contribution in [0.5, 0.6) is 0 Å². The second-order valence-corrected chi connectivity index (χ2v) is 15.8. The van der Waals surface area contributed by atoms with E-state index in [9.17, 15) is 0 Å². The highest BCUT2D eigenvalue weighted by molar-refractivity contribution is 5.95. The van der Waals surface area contributed by atoms with E-state index in [0.29, 0.717) is 0 Å².